The van der Waals surface area contributed by atoms with Gasteiger partial charge in [0.2, 0.25) is 0 Å². The fourth-order valence-electron chi connectivity index (χ4n) is 3.27. The zero-order valence-corrected chi connectivity index (χ0v) is 20.2. The van der Waals surface area contributed by atoms with E-state index in [2.05, 4.69) is 20.5 Å². The summed E-state index contributed by atoms with van der Waals surface area (Å²) in [5.41, 5.74) is -0.777. The number of anilines is 1. The van der Waals surface area contributed by atoms with E-state index in [1.807, 2.05) is 13.1 Å². The molecule has 1 aliphatic heterocycles. The van der Waals surface area contributed by atoms with Gasteiger partial charge in [0.05, 0.1) is 5.56 Å². The molecule has 184 valence electrons. The average Bonchev–Trinajstić information content (AvgIpc) is 3.14. The third kappa shape index (κ3) is 6.80. The number of nitrogens with zero attached hydrogens (tertiary/aromatic N) is 2. The van der Waals surface area contributed by atoms with Crippen LogP contribution in [0.2, 0.25) is 0 Å². The van der Waals surface area contributed by atoms with E-state index >= 15 is 0 Å². The van der Waals surface area contributed by atoms with E-state index in [1.165, 1.54) is 18.2 Å². The Balaban J connectivity index is 1.85. The number of rotatable bonds is 5. The van der Waals surface area contributed by atoms with Crippen LogP contribution in [0.15, 0.2) is 30.3 Å². The number of ether oxygens (including phenoxy) is 1. The maximum Gasteiger partial charge on any atom is 0.416 e. The Morgan fingerprint density at radius 2 is 1.91 bits per heavy atom. The van der Waals surface area contributed by atoms with Crippen molar-refractivity contribution in [3.63, 3.8) is 0 Å². The van der Waals surface area contributed by atoms with Crippen LogP contribution in [0.25, 0.3) is 5.57 Å². The lowest BCUT2D eigenvalue weighted by molar-refractivity contribution is -0.138. The first kappa shape index (κ1) is 25.7. The first-order valence-electron chi connectivity index (χ1n) is 10.7. The molecule has 3 rings (SSSR count). The molecule has 1 aromatic heterocycles. The third-order valence-electron chi connectivity index (χ3n) is 4.91. The van der Waals surface area contributed by atoms with Crippen molar-refractivity contribution in [2.75, 3.05) is 25.5 Å². The van der Waals surface area contributed by atoms with Crippen molar-refractivity contribution in [1.82, 2.24) is 15.2 Å². The minimum absolute atomic E-state index is 0.0709. The van der Waals surface area contributed by atoms with Gasteiger partial charge in [-0.2, -0.15) is 13.2 Å². The molecule has 0 fully saturated rings. The number of nitrogens with one attached hydrogen (secondary N) is 2. The number of amides is 2. The zero-order valence-electron chi connectivity index (χ0n) is 19.4. The summed E-state index contributed by atoms with van der Waals surface area (Å²) in [6.07, 6.45) is -2.58. The molecule has 2 amide bonds. The van der Waals surface area contributed by atoms with Crippen molar-refractivity contribution in [1.29, 1.82) is 0 Å². The number of halogens is 3. The Bertz CT molecular complexity index is 1090. The van der Waals surface area contributed by atoms with Crippen LogP contribution in [-0.4, -0.2) is 47.6 Å². The molecule has 2 aromatic rings. The number of aromatic nitrogens is 1. The second kappa shape index (κ2) is 10.1. The van der Waals surface area contributed by atoms with E-state index in [9.17, 15) is 22.8 Å². The number of hydrogen-bond acceptors (Lipinski definition) is 6. The van der Waals surface area contributed by atoms with Crippen LogP contribution in [0.4, 0.5) is 23.0 Å². The van der Waals surface area contributed by atoms with Crippen LogP contribution in [0.3, 0.4) is 0 Å². The van der Waals surface area contributed by atoms with Crippen molar-refractivity contribution >= 4 is 33.9 Å². The summed E-state index contributed by atoms with van der Waals surface area (Å²) in [5.74, 6) is -0.695. The van der Waals surface area contributed by atoms with Gasteiger partial charge in [0.15, 0.2) is 5.69 Å². The summed E-state index contributed by atoms with van der Waals surface area (Å²) >= 11 is 1.13. The second-order valence-corrected chi connectivity index (χ2v) is 9.90. The van der Waals surface area contributed by atoms with Gasteiger partial charge >= 0.3 is 12.3 Å². The van der Waals surface area contributed by atoms with Gasteiger partial charge in [-0.1, -0.05) is 35.6 Å². The quantitative estimate of drug-likeness (QED) is 0.598. The molecule has 7 nitrogen and oxygen atoms in total. The SMILES string of the molecule is CN1CC=C(c2nc(C(=O)NCc3ccccc3C(F)(F)F)c(NC(=O)OC(C)(C)C)s2)CC1. The van der Waals surface area contributed by atoms with Gasteiger partial charge in [0.1, 0.15) is 15.6 Å². The predicted octanol–water partition coefficient (Wildman–Crippen LogP) is 5.16. The molecule has 0 bridgehead atoms. The van der Waals surface area contributed by atoms with E-state index in [4.69, 9.17) is 4.74 Å². The van der Waals surface area contributed by atoms with E-state index in [0.29, 0.717) is 5.01 Å². The molecule has 0 saturated carbocycles. The monoisotopic (exact) mass is 496 g/mol. The fourth-order valence-corrected chi connectivity index (χ4v) is 4.28. The number of thiazole rings is 1. The van der Waals surface area contributed by atoms with Crippen LogP contribution < -0.4 is 10.6 Å². The number of alkyl halides is 3. The maximum absolute atomic E-state index is 13.3. The highest BCUT2D eigenvalue weighted by molar-refractivity contribution is 7.17. The molecule has 1 aromatic carbocycles. The number of carbonyl (C=O) groups is 2. The lowest BCUT2D eigenvalue weighted by Crippen LogP contribution is -2.29. The van der Waals surface area contributed by atoms with Crippen LogP contribution >= 0.6 is 11.3 Å². The topological polar surface area (TPSA) is 83.6 Å². The molecular weight excluding hydrogens is 469 g/mol. The lowest BCUT2D eigenvalue weighted by atomic mass is 10.1. The largest absolute Gasteiger partial charge is 0.444 e. The van der Waals surface area contributed by atoms with Crippen LogP contribution in [-0.2, 0) is 17.5 Å². The molecule has 0 radical (unpaired) electrons. The van der Waals surface area contributed by atoms with Crippen molar-refractivity contribution in [2.24, 2.45) is 0 Å². The Morgan fingerprint density at radius 3 is 2.53 bits per heavy atom. The third-order valence-corrected chi connectivity index (χ3v) is 5.95. The number of hydrogen-bond donors (Lipinski definition) is 2. The molecule has 11 heteroatoms. The molecule has 0 spiro atoms. The Kier molecular flexibility index (Phi) is 7.67. The molecule has 0 aliphatic carbocycles. The van der Waals surface area contributed by atoms with E-state index < -0.39 is 29.3 Å². The van der Waals surface area contributed by atoms with Crippen LogP contribution in [0.5, 0.6) is 0 Å². The molecule has 0 unspecified atom stereocenters. The number of likely N-dealkylation sites (N-methyl/N-ethyl adjacent to an activating group) is 1. The first-order chi connectivity index (χ1) is 15.8. The fraction of sp³-hybridized carbons (Fsp3) is 0.435. The first-order valence-corrected chi connectivity index (χ1v) is 11.5. The van der Waals surface area contributed by atoms with Crippen molar-refractivity contribution in [2.45, 2.75) is 45.5 Å². The van der Waals surface area contributed by atoms with Crippen molar-refractivity contribution < 1.29 is 27.5 Å². The van der Waals surface area contributed by atoms with Gasteiger partial charge in [-0.3, -0.25) is 10.1 Å². The minimum Gasteiger partial charge on any atom is -0.444 e. The van der Waals surface area contributed by atoms with E-state index in [0.717, 1.165) is 42.5 Å². The highest BCUT2D eigenvalue weighted by Gasteiger charge is 2.33. The Morgan fingerprint density at radius 1 is 1.21 bits per heavy atom. The zero-order chi connectivity index (χ0) is 25.1. The lowest BCUT2D eigenvalue weighted by Gasteiger charge is -2.20. The molecular formula is C23H27F3N4O3S. The van der Waals surface area contributed by atoms with Gasteiger partial charge in [-0.15, -0.1) is 0 Å². The Labute approximate surface area is 200 Å². The van der Waals surface area contributed by atoms with Crippen LogP contribution in [0.1, 0.15) is 53.8 Å². The molecule has 0 atom stereocenters. The summed E-state index contributed by atoms with van der Waals surface area (Å²) in [4.78, 5) is 31.8. The van der Waals surface area contributed by atoms with Gasteiger partial charge < -0.3 is 15.0 Å². The molecule has 34 heavy (non-hydrogen) atoms. The van der Waals surface area contributed by atoms with Gasteiger partial charge in [-0.25, -0.2) is 9.78 Å². The molecule has 1 aliphatic rings. The standard InChI is InChI=1S/C23H27F3N4O3S/c1-22(2,3)33-21(32)29-20-17(28-19(34-20)14-9-11-30(4)12-10-14)18(31)27-13-15-7-5-6-8-16(15)23(24,25)26/h5-9H,10-13H2,1-4H3,(H,27,31)(H,29,32). The van der Waals surface area contributed by atoms with E-state index in [-0.39, 0.29) is 22.8 Å². The summed E-state index contributed by atoms with van der Waals surface area (Å²) in [6.45, 7) is 6.31. The van der Waals surface area contributed by atoms with Gasteiger partial charge in [0, 0.05) is 19.6 Å². The number of carbonyl (C=O) groups excluding carboxylic acids is 2. The second-order valence-electron chi connectivity index (χ2n) is 8.90. The van der Waals surface area contributed by atoms with Gasteiger partial charge in [-0.05, 0) is 51.4 Å². The predicted molar refractivity (Wildman–Crippen MR) is 125 cm³/mol. The molecule has 2 heterocycles. The van der Waals surface area contributed by atoms with Gasteiger partial charge in [0.25, 0.3) is 5.91 Å². The highest BCUT2D eigenvalue weighted by Crippen LogP contribution is 2.34. The van der Waals surface area contributed by atoms with Crippen molar-refractivity contribution in [3.8, 4) is 0 Å². The summed E-state index contributed by atoms with van der Waals surface area (Å²) in [5, 5.41) is 5.81. The number of benzene rings is 1. The normalized spacial score (nSPS) is 15.0. The van der Waals surface area contributed by atoms with Crippen molar-refractivity contribution in [3.05, 3.63) is 52.2 Å². The average molecular weight is 497 g/mol. The minimum atomic E-state index is -4.54. The summed E-state index contributed by atoms with van der Waals surface area (Å²) < 4.78 is 45.1. The van der Waals surface area contributed by atoms with Crippen LogP contribution in [0, 0.1) is 0 Å². The Hall–Kier alpha value is -2.92. The highest BCUT2D eigenvalue weighted by atomic mass is 32.1. The smallest absolute Gasteiger partial charge is 0.416 e. The maximum atomic E-state index is 13.3. The van der Waals surface area contributed by atoms with E-state index in [1.54, 1.807) is 20.8 Å². The summed E-state index contributed by atoms with van der Waals surface area (Å²) in [7, 11) is 1.99. The molecule has 0 saturated heterocycles. The summed E-state index contributed by atoms with van der Waals surface area (Å²) in [6, 6.07) is 5.03. The molecule has 2 N–H and O–H groups in total.